The Morgan fingerprint density at radius 1 is 1.00 bits per heavy atom. The Hall–Kier alpha value is -1.46. The molecular formula is C24H34Cl2N2O2. The van der Waals surface area contributed by atoms with Crippen molar-refractivity contribution in [3.8, 4) is 11.5 Å². The first-order valence-electron chi connectivity index (χ1n) is 10.6. The largest absolute Gasteiger partial charge is 0.490 e. The van der Waals surface area contributed by atoms with Crippen molar-refractivity contribution in [2.24, 2.45) is 5.92 Å². The topological polar surface area (TPSA) is 33.7 Å². The van der Waals surface area contributed by atoms with Gasteiger partial charge in [-0.2, -0.15) is 0 Å². The minimum Gasteiger partial charge on any atom is -0.490 e. The fraction of sp³-hybridized carbons (Fsp3) is 0.500. The van der Waals surface area contributed by atoms with Crippen LogP contribution in [0, 0.1) is 12.8 Å². The summed E-state index contributed by atoms with van der Waals surface area (Å²) in [5.41, 5.74) is 3.61. The van der Waals surface area contributed by atoms with Crippen LogP contribution >= 0.6 is 24.8 Å². The molecule has 3 fully saturated rings. The monoisotopic (exact) mass is 452 g/mol. The number of nitrogens with one attached hydrogen (secondary N) is 1. The van der Waals surface area contributed by atoms with Gasteiger partial charge in [0.05, 0.1) is 6.61 Å². The van der Waals surface area contributed by atoms with Crippen LogP contribution in [0.1, 0.15) is 36.5 Å². The molecule has 1 unspecified atom stereocenters. The number of piperidine rings is 3. The molecular weight excluding hydrogens is 419 g/mol. The van der Waals surface area contributed by atoms with E-state index < -0.39 is 0 Å². The molecule has 1 N–H and O–H groups in total. The molecule has 6 heteroatoms. The molecule has 0 spiro atoms. The van der Waals surface area contributed by atoms with Crippen molar-refractivity contribution in [2.75, 3.05) is 26.2 Å². The quantitative estimate of drug-likeness (QED) is 0.610. The summed E-state index contributed by atoms with van der Waals surface area (Å²) in [5, 5.41) is 3.81. The van der Waals surface area contributed by atoms with Gasteiger partial charge in [-0.15, -0.1) is 24.8 Å². The lowest BCUT2D eigenvalue weighted by atomic mass is 9.84. The molecule has 166 valence electrons. The van der Waals surface area contributed by atoms with Gasteiger partial charge in [-0.1, -0.05) is 42.0 Å². The van der Waals surface area contributed by atoms with Crippen LogP contribution in [-0.4, -0.2) is 37.2 Å². The lowest BCUT2D eigenvalue weighted by Crippen LogP contribution is -2.55. The molecule has 0 saturated carbocycles. The second-order valence-electron chi connectivity index (χ2n) is 8.08. The van der Waals surface area contributed by atoms with E-state index in [1.807, 2.05) is 13.0 Å². The van der Waals surface area contributed by atoms with Gasteiger partial charge >= 0.3 is 0 Å². The number of ether oxygens (including phenoxy) is 2. The van der Waals surface area contributed by atoms with Crippen molar-refractivity contribution in [2.45, 2.75) is 45.9 Å². The number of hydrogen-bond donors (Lipinski definition) is 1. The van der Waals surface area contributed by atoms with Crippen molar-refractivity contribution >= 4 is 24.8 Å². The highest BCUT2D eigenvalue weighted by Crippen LogP contribution is 2.33. The number of halogens is 2. The van der Waals surface area contributed by atoms with Gasteiger partial charge in [0.25, 0.3) is 0 Å². The zero-order valence-corrected chi connectivity index (χ0v) is 19.6. The number of fused-ring (bicyclic) bond motifs is 3. The van der Waals surface area contributed by atoms with Crippen LogP contribution in [0.25, 0.3) is 0 Å². The molecule has 3 aliphatic rings. The van der Waals surface area contributed by atoms with Crippen LogP contribution in [0.3, 0.4) is 0 Å². The van der Waals surface area contributed by atoms with E-state index in [0.29, 0.717) is 19.3 Å². The molecule has 2 aromatic rings. The molecule has 5 rings (SSSR count). The van der Waals surface area contributed by atoms with Crippen LogP contribution in [0.2, 0.25) is 0 Å². The van der Waals surface area contributed by atoms with Crippen LogP contribution in [0.15, 0.2) is 42.5 Å². The molecule has 4 nitrogen and oxygen atoms in total. The average Bonchev–Trinajstić information content (AvgIpc) is 2.74. The van der Waals surface area contributed by atoms with Crippen LogP contribution in [0.4, 0.5) is 0 Å². The lowest BCUT2D eigenvalue weighted by Gasteiger charge is -2.45. The second kappa shape index (κ2) is 11.8. The van der Waals surface area contributed by atoms with Gasteiger partial charge in [0, 0.05) is 24.7 Å². The number of nitrogens with zero attached hydrogens (tertiary/aromatic N) is 1. The maximum Gasteiger partial charge on any atom is 0.166 e. The molecule has 2 aromatic carbocycles. The molecule has 0 aromatic heterocycles. The zero-order valence-electron chi connectivity index (χ0n) is 17.9. The zero-order chi connectivity index (χ0) is 19.3. The smallest absolute Gasteiger partial charge is 0.166 e. The third kappa shape index (κ3) is 6.04. The van der Waals surface area contributed by atoms with Crippen molar-refractivity contribution in [3.05, 3.63) is 59.2 Å². The maximum absolute atomic E-state index is 6.27. The molecule has 30 heavy (non-hydrogen) atoms. The molecule has 3 saturated heterocycles. The Kier molecular flexibility index (Phi) is 9.76. The molecule has 0 amide bonds. The summed E-state index contributed by atoms with van der Waals surface area (Å²) >= 11 is 0. The predicted octanol–water partition coefficient (Wildman–Crippen LogP) is 5.00. The highest BCUT2D eigenvalue weighted by atomic mass is 35.5. The van der Waals surface area contributed by atoms with Gasteiger partial charge < -0.3 is 19.7 Å². The highest BCUT2D eigenvalue weighted by Gasteiger charge is 2.33. The summed E-state index contributed by atoms with van der Waals surface area (Å²) in [5.74, 6) is 2.53. The van der Waals surface area contributed by atoms with Gasteiger partial charge in [-0.25, -0.2) is 0 Å². The predicted molar refractivity (Wildman–Crippen MR) is 127 cm³/mol. The second-order valence-corrected chi connectivity index (χ2v) is 8.08. The molecule has 2 bridgehead atoms. The van der Waals surface area contributed by atoms with E-state index in [2.05, 4.69) is 53.5 Å². The fourth-order valence-electron chi connectivity index (χ4n) is 4.41. The Labute approximate surface area is 193 Å². The Balaban J connectivity index is 0.00000160. The molecule has 1 atom stereocenters. The van der Waals surface area contributed by atoms with E-state index in [1.165, 1.54) is 49.2 Å². The number of rotatable bonds is 8. The molecule has 0 aliphatic carbocycles. The van der Waals surface area contributed by atoms with Crippen molar-refractivity contribution < 1.29 is 9.47 Å². The molecule has 0 radical (unpaired) electrons. The summed E-state index contributed by atoms with van der Waals surface area (Å²) in [6, 6.07) is 15.3. The third-order valence-corrected chi connectivity index (χ3v) is 6.07. The van der Waals surface area contributed by atoms with E-state index >= 15 is 0 Å². The standard InChI is InChI=1S/C24H32N2O2.2ClH/c1-3-27-23-6-4-5-21(15-25-22-16-26-13-11-20(22)12-14-26)24(23)28-17-19-9-7-18(2)8-10-19;;/h4-10,20,22,25H,3,11-17H2,1-2H3;2*1H. The third-order valence-electron chi connectivity index (χ3n) is 6.07. The fourth-order valence-corrected chi connectivity index (χ4v) is 4.41. The summed E-state index contributed by atoms with van der Waals surface area (Å²) in [4.78, 5) is 2.59. The number of benzene rings is 2. The normalized spacial score (nSPS) is 22.0. The van der Waals surface area contributed by atoms with Crippen molar-refractivity contribution in [1.29, 1.82) is 0 Å². The van der Waals surface area contributed by atoms with Crippen LogP contribution in [0.5, 0.6) is 11.5 Å². The highest BCUT2D eigenvalue weighted by molar-refractivity contribution is 5.85. The maximum atomic E-state index is 6.27. The first-order chi connectivity index (χ1) is 13.7. The Morgan fingerprint density at radius 2 is 1.73 bits per heavy atom. The van der Waals surface area contributed by atoms with Gasteiger partial charge in [-0.05, 0) is 57.3 Å². The first-order valence-corrected chi connectivity index (χ1v) is 10.6. The first kappa shape index (κ1) is 24.8. The van der Waals surface area contributed by atoms with Crippen LogP contribution in [-0.2, 0) is 13.2 Å². The van der Waals surface area contributed by atoms with Crippen molar-refractivity contribution in [3.63, 3.8) is 0 Å². The molecule has 3 aliphatic heterocycles. The minimum atomic E-state index is 0. The van der Waals surface area contributed by atoms with E-state index in [-0.39, 0.29) is 24.8 Å². The van der Waals surface area contributed by atoms with Gasteiger partial charge in [-0.3, -0.25) is 0 Å². The minimum absolute atomic E-state index is 0. The van der Waals surface area contributed by atoms with E-state index in [9.17, 15) is 0 Å². The van der Waals surface area contributed by atoms with Gasteiger partial charge in [0.1, 0.15) is 6.61 Å². The Bertz CT molecular complexity index is 777. The van der Waals surface area contributed by atoms with Gasteiger partial charge in [0.2, 0.25) is 0 Å². The lowest BCUT2D eigenvalue weighted by molar-refractivity contribution is 0.0718. The summed E-state index contributed by atoms with van der Waals surface area (Å²) in [6.07, 6.45) is 2.65. The summed E-state index contributed by atoms with van der Waals surface area (Å²) in [6.45, 7) is 9.85. The van der Waals surface area contributed by atoms with E-state index in [1.54, 1.807) is 0 Å². The molecule has 3 heterocycles. The van der Waals surface area contributed by atoms with E-state index in [0.717, 1.165) is 24.0 Å². The SMILES string of the molecule is CCOc1cccc(CNC2CN3CCC2CC3)c1OCc1ccc(C)cc1.Cl.Cl. The number of aryl methyl sites for hydroxylation is 1. The summed E-state index contributed by atoms with van der Waals surface area (Å²) < 4.78 is 12.1. The van der Waals surface area contributed by atoms with E-state index in [4.69, 9.17) is 9.47 Å². The van der Waals surface area contributed by atoms with Gasteiger partial charge in [0.15, 0.2) is 11.5 Å². The number of para-hydroxylation sites is 1. The summed E-state index contributed by atoms with van der Waals surface area (Å²) in [7, 11) is 0. The van der Waals surface area contributed by atoms with Crippen LogP contribution < -0.4 is 14.8 Å². The Morgan fingerprint density at radius 3 is 2.37 bits per heavy atom. The average molecular weight is 453 g/mol. The van der Waals surface area contributed by atoms with Crippen molar-refractivity contribution in [1.82, 2.24) is 10.2 Å². The number of hydrogen-bond acceptors (Lipinski definition) is 4.